The van der Waals surface area contributed by atoms with Crippen molar-refractivity contribution in [3.05, 3.63) is 24.1 Å². The van der Waals surface area contributed by atoms with Crippen molar-refractivity contribution < 1.29 is 42.9 Å². The number of hydrogen-bond donors (Lipinski definition) is 5. The Morgan fingerprint density at radius 3 is 2.19 bits per heavy atom. The maximum Gasteiger partial charge on any atom is 0.490 e. The van der Waals surface area contributed by atoms with Crippen LogP contribution in [0.5, 0.6) is 0 Å². The van der Waals surface area contributed by atoms with Crippen LogP contribution in [0.1, 0.15) is 33.1 Å². The first kappa shape index (κ1) is 24.4. The zero-order chi connectivity index (χ0) is 21.2. The first-order valence-corrected chi connectivity index (χ1v) is 7.95. The molecule has 1 heterocycles. The van der Waals surface area contributed by atoms with E-state index in [0.717, 1.165) is 0 Å². The fourth-order valence-corrected chi connectivity index (χ4v) is 2.38. The number of carboxylic acid groups (broad SMARTS) is 2. The molecule has 0 aromatic rings. The molecule has 8 nitrogen and oxygen atoms in total. The zero-order valence-corrected chi connectivity index (χ0v) is 14.8. The summed E-state index contributed by atoms with van der Waals surface area (Å²) in [5.41, 5.74) is 0. The number of aliphatic hydroxyl groups is 1. The minimum atomic E-state index is -5.08. The van der Waals surface area contributed by atoms with Gasteiger partial charge in [0.15, 0.2) is 0 Å². The molecule has 1 saturated heterocycles. The molecule has 1 rings (SSSR count). The summed E-state index contributed by atoms with van der Waals surface area (Å²) in [4.78, 5) is 30.6. The molecule has 0 saturated carbocycles. The van der Waals surface area contributed by atoms with Gasteiger partial charge >= 0.3 is 18.1 Å². The Bertz CT molecular complexity index is 589. The van der Waals surface area contributed by atoms with E-state index in [2.05, 4.69) is 10.6 Å². The van der Waals surface area contributed by atoms with Crippen LogP contribution in [-0.2, 0) is 14.4 Å². The molecule has 5 N–H and O–H groups in total. The summed E-state index contributed by atoms with van der Waals surface area (Å²) in [6.45, 7) is 3.27. The molecular formula is C16H23F3N2O6. The topological polar surface area (TPSA) is 136 Å². The molecule has 0 aromatic carbocycles. The second kappa shape index (κ2) is 11.2. The molecule has 0 aliphatic carbocycles. The van der Waals surface area contributed by atoms with Gasteiger partial charge in [0.05, 0.1) is 0 Å². The van der Waals surface area contributed by atoms with Crippen molar-refractivity contribution in [1.82, 2.24) is 10.6 Å². The lowest BCUT2D eigenvalue weighted by atomic mass is 9.95. The van der Waals surface area contributed by atoms with Crippen molar-refractivity contribution >= 4 is 17.8 Å². The van der Waals surface area contributed by atoms with Crippen molar-refractivity contribution in [2.75, 3.05) is 0 Å². The van der Waals surface area contributed by atoms with E-state index in [1.165, 1.54) is 13.1 Å². The minimum Gasteiger partial charge on any atom is -0.511 e. The van der Waals surface area contributed by atoms with Gasteiger partial charge in [-0.3, -0.25) is 9.59 Å². The third kappa shape index (κ3) is 10.2. The van der Waals surface area contributed by atoms with Crippen molar-refractivity contribution in [3.8, 4) is 0 Å². The number of carboxylic acids is 2. The van der Waals surface area contributed by atoms with Crippen molar-refractivity contribution in [2.45, 2.75) is 51.4 Å². The van der Waals surface area contributed by atoms with E-state index in [0.29, 0.717) is 19.3 Å². The number of alkyl halides is 3. The second-order valence-electron chi connectivity index (χ2n) is 5.77. The van der Waals surface area contributed by atoms with Crippen LogP contribution in [-0.4, -0.2) is 51.4 Å². The molecule has 0 unspecified atom stereocenters. The van der Waals surface area contributed by atoms with Crippen LogP contribution in [0.3, 0.4) is 0 Å². The van der Waals surface area contributed by atoms with E-state index in [1.54, 1.807) is 0 Å². The maximum atomic E-state index is 11.0. The van der Waals surface area contributed by atoms with E-state index in [4.69, 9.17) is 15.0 Å². The lowest BCUT2D eigenvalue weighted by molar-refractivity contribution is -0.192. The molecule has 11 heteroatoms. The molecule has 0 aromatic heterocycles. The highest BCUT2D eigenvalue weighted by Gasteiger charge is 2.38. The molecular weight excluding hydrogens is 373 g/mol. The van der Waals surface area contributed by atoms with Crippen LogP contribution < -0.4 is 10.6 Å². The summed E-state index contributed by atoms with van der Waals surface area (Å²) in [6, 6.07) is -0.525. The van der Waals surface area contributed by atoms with Gasteiger partial charge < -0.3 is 26.0 Å². The highest BCUT2D eigenvalue weighted by atomic mass is 19.4. The number of carbonyl (C=O) groups excluding carboxylic acids is 1. The highest BCUT2D eigenvalue weighted by molar-refractivity contribution is 5.74. The van der Waals surface area contributed by atoms with Gasteiger partial charge in [0.1, 0.15) is 11.8 Å². The van der Waals surface area contributed by atoms with Gasteiger partial charge in [-0.1, -0.05) is 12.2 Å². The Labute approximate surface area is 153 Å². The van der Waals surface area contributed by atoms with Crippen LogP contribution in [0.25, 0.3) is 0 Å². The van der Waals surface area contributed by atoms with Crippen molar-refractivity contribution in [3.63, 3.8) is 0 Å². The average Bonchev–Trinajstić information content (AvgIpc) is 2.94. The number of allylic oxidation sites excluding steroid dienone is 2. The predicted molar refractivity (Wildman–Crippen MR) is 88.7 cm³/mol. The number of hydrogen-bond acceptors (Lipinski definition) is 5. The average molecular weight is 396 g/mol. The summed E-state index contributed by atoms with van der Waals surface area (Å²) in [7, 11) is 0. The number of aliphatic hydroxyl groups excluding tert-OH is 1. The quantitative estimate of drug-likeness (QED) is 0.342. The molecule has 27 heavy (non-hydrogen) atoms. The SMILES string of the molecule is C/C=C\[C@@H]1C[C@H](C(=O)O)N[C@@H]1CC/C(O)=C/NC(C)=O.O=C(O)C(F)(F)F. The largest absolute Gasteiger partial charge is 0.511 e. The van der Waals surface area contributed by atoms with Crippen LogP contribution in [0, 0.1) is 5.92 Å². The van der Waals surface area contributed by atoms with Gasteiger partial charge in [-0.25, -0.2) is 4.79 Å². The molecule has 0 bridgehead atoms. The van der Waals surface area contributed by atoms with Crippen molar-refractivity contribution in [2.24, 2.45) is 5.92 Å². The van der Waals surface area contributed by atoms with E-state index >= 15 is 0 Å². The summed E-state index contributed by atoms with van der Waals surface area (Å²) in [5.74, 6) is -3.62. The lowest BCUT2D eigenvalue weighted by Gasteiger charge is -2.16. The molecule has 1 fully saturated rings. The van der Waals surface area contributed by atoms with Gasteiger partial charge in [-0.15, -0.1) is 0 Å². The minimum absolute atomic E-state index is 0.0141. The summed E-state index contributed by atoms with van der Waals surface area (Å²) < 4.78 is 31.7. The fraction of sp³-hybridized carbons (Fsp3) is 0.562. The van der Waals surface area contributed by atoms with E-state index < -0.39 is 24.2 Å². The lowest BCUT2D eigenvalue weighted by Crippen LogP contribution is -2.36. The molecule has 3 atom stereocenters. The maximum absolute atomic E-state index is 11.0. The number of nitrogens with one attached hydrogen (secondary N) is 2. The Balaban J connectivity index is 0.000000821. The van der Waals surface area contributed by atoms with E-state index in [1.807, 2.05) is 19.1 Å². The van der Waals surface area contributed by atoms with Crippen molar-refractivity contribution in [1.29, 1.82) is 0 Å². The van der Waals surface area contributed by atoms with Crippen LogP contribution in [0.2, 0.25) is 0 Å². The fourth-order valence-electron chi connectivity index (χ4n) is 2.38. The Morgan fingerprint density at radius 1 is 1.22 bits per heavy atom. The van der Waals surface area contributed by atoms with Gasteiger partial charge in [-0.2, -0.15) is 13.2 Å². The molecule has 154 valence electrons. The molecule has 0 spiro atoms. The number of halogens is 3. The van der Waals surface area contributed by atoms with Gasteiger partial charge in [0, 0.05) is 25.6 Å². The standard InChI is InChI=1S/C14H22N2O4.C2HF3O2/c1-3-4-10-7-13(14(19)20)16-12(10)6-5-11(18)8-15-9(2)17;3-2(4,5)1(6)7/h3-4,8,10,12-13,16,18H,5-7H2,1-2H3,(H,15,17)(H,19,20);(H,6,7)/b4-3-,11-8-;/t10-,12-,13-;/m1./s1. The summed E-state index contributed by atoms with van der Waals surface area (Å²) in [5, 5.41) is 31.3. The normalized spacial score (nSPS) is 22.9. The molecule has 0 radical (unpaired) electrons. The van der Waals surface area contributed by atoms with E-state index in [9.17, 15) is 27.9 Å². The third-order valence-electron chi connectivity index (χ3n) is 3.57. The predicted octanol–water partition coefficient (Wildman–Crippen LogP) is 1.94. The Kier molecular flexibility index (Phi) is 10.2. The van der Waals surface area contributed by atoms with Crippen LogP contribution >= 0.6 is 0 Å². The highest BCUT2D eigenvalue weighted by Crippen LogP contribution is 2.26. The Morgan fingerprint density at radius 2 is 1.78 bits per heavy atom. The van der Waals surface area contributed by atoms with Crippen LogP contribution in [0.4, 0.5) is 13.2 Å². The van der Waals surface area contributed by atoms with Crippen LogP contribution in [0.15, 0.2) is 24.1 Å². The molecule has 1 aliphatic rings. The number of carbonyl (C=O) groups is 3. The van der Waals surface area contributed by atoms with Gasteiger partial charge in [0.2, 0.25) is 5.91 Å². The van der Waals surface area contributed by atoms with Gasteiger partial charge in [-0.05, 0) is 25.7 Å². The second-order valence-corrected chi connectivity index (χ2v) is 5.77. The smallest absolute Gasteiger partial charge is 0.490 e. The summed E-state index contributed by atoms with van der Waals surface area (Å²) in [6.07, 6.45) is 1.65. The van der Waals surface area contributed by atoms with E-state index in [-0.39, 0.29) is 23.6 Å². The monoisotopic (exact) mass is 396 g/mol. The van der Waals surface area contributed by atoms with Gasteiger partial charge in [0.25, 0.3) is 0 Å². The first-order chi connectivity index (χ1) is 12.4. The number of rotatable bonds is 6. The summed E-state index contributed by atoms with van der Waals surface area (Å²) >= 11 is 0. The Hall–Kier alpha value is -2.56. The zero-order valence-electron chi connectivity index (χ0n) is 14.8. The first-order valence-electron chi connectivity index (χ1n) is 7.95. The third-order valence-corrected chi connectivity index (χ3v) is 3.57. The molecule has 1 amide bonds. The number of amides is 1. The molecule has 1 aliphatic heterocycles. The number of aliphatic carboxylic acids is 2.